The summed E-state index contributed by atoms with van der Waals surface area (Å²) in [5, 5.41) is 1.16. The first kappa shape index (κ1) is 27.3. The predicted molar refractivity (Wildman–Crippen MR) is 152 cm³/mol. The lowest BCUT2D eigenvalue weighted by atomic mass is 9.87. The zero-order valence-electron chi connectivity index (χ0n) is 23.9. The highest BCUT2D eigenvalue weighted by Crippen LogP contribution is 2.34. The highest BCUT2D eigenvalue weighted by Gasteiger charge is 2.37. The number of fused-ring (bicyclic) bond motifs is 1. The van der Waals surface area contributed by atoms with Gasteiger partial charge in [-0.3, -0.25) is 19.5 Å². The predicted octanol–water partition coefficient (Wildman–Crippen LogP) is 4.83. The number of halogens is 1. The Balaban J connectivity index is 1.40. The van der Waals surface area contributed by atoms with E-state index in [9.17, 15) is 14.0 Å². The number of rotatable bonds is 6. The Bertz CT molecular complexity index is 1390. The van der Waals surface area contributed by atoms with Crippen LogP contribution in [0.1, 0.15) is 62.0 Å². The van der Waals surface area contributed by atoms with Crippen LogP contribution in [0.25, 0.3) is 16.6 Å². The van der Waals surface area contributed by atoms with Gasteiger partial charge in [-0.15, -0.1) is 0 Å². The Hall–Kier alpha value is -3.26. The molecule has 5 rings (SSSR count). The molecule has 0 saturated carbocycles. The molecule has 2 aromatic heterocycles. The van der Waals surface area contributed by atoms with Gasteiger partial charge in [0.15, 0.2) is 0 Å². The number of pyridine rings is 1. The van der Waals surface area contributed by atoms with Crippen molar-refractivity contribution in [2.75, 3.05) is 26.7 Å². The molecule has 0 aliphatic carbocycles. The van der Waals surface area contributed by atoms with Crippen LogP contribution < -0.4 is 0 Å². The summed E-state index contributed by atoms with van der Waals surface area (Å²) in [4.78, 5) is 35.9. The van der Waals surface area contributed by atoms with Crippen LogP contribution in [0.15, 0.2) is 36.8 Å². The molecule has 2 saturated heterocycles. The molecular formula is C31H40FN5O2. The van der Waals surface area contributed by atoms with Crippen LogP contribution in [0.4, 0.5) is 4.39 Å². The molecule has 7 nitrogen and oxygen atoms in total. The van der Waals surface area contributed by atoms with Gasteiger partial charge in [-0.05, 0) is 82.2 Å². The molecule has 0 spiro atoms. The maximum atomic E-state index is 14.4. The maximum Gasteiger partial charge on any atom is 0.256 e. The Morgan fingerprint density at radius 1 is 1.21 bits per heavy atom. The molecule has 3 aromatic rings. The molecule has 2 atom stereocenters. The normalized spacial score (nSPS) is 20.5. The largest absolute Gasteiger partial charge is 0.340 e. The molecule has 0 bridgehead atoms. The van der Waals surface area contributed by atoms with Gasteiger partial charge in [0, 0.05) is 69.5 Å². The summed E-state index contributed by atoms with van der Waals surface area (Å²) in [7, 11) is 1.75. The van der Waals surface area contributed by atoms with Crippen LogP contribution in [0, 0.1) is 18.7 Å². The van der Waals surface area contributed by atoms with E-state index in [1.165, 1.54) is 17.7 Å². The second-order valence-corrected chi connectivity index (χ2v) is 11.8. The van der Waals surface area contributed by atoms with E-state index in [-0.39, 0.29) is 23.9 Å². The molecule has 0 radical (unpaired) electrons. The molecule has 0 N–H and O–H groups in total. The Kier molecular flexibility index (Phi) is 7.51. The van der Waals surface area contributed by atoms with Crippen LogP contribution in [0.5, 0.6) is 0 Å². The van der Waals surface area contributed by atoms with E-state index in [0.29, 0.717) is 23.2 Å². The standard InChI is InChI=1S/C31H40FN5O2/c1-19(2)34(6)31(39)27-13-25(32)7-8-28(27)37-18-24(30-20(3)14-33-15-29(30)37)12-23-16-35(17-23)26-9-10-36(22(5)38)21(4)11-26/h7-8,13-15,18-19,21,23,26H,9-12,16-17H2,1-6H3/t21-,26?/m1/s1. The molecular weight excluding hydrogens is 493 g/mol. The number of amides is 2. The summed E-state index contributed by atoms with van der Waals surface area (Å²) in [5.74, 6) is 0.0798. The number of hydrogen-bond donors (Lipinski definition) is 0. The molecule has 2 aliphatic rings. The van der Waals surface area contributed by atoms with Crippen molar-refractivity contribution in [2.45, 2.75) is 72.0 Å². The monoisotopic (exact) mass is 533 g/mol. The number of aryl methyl sites for hydroxylation is 1. The lowest BCUT2D eigenvalue weighted by molar-refractivity contribution is -0.133. The number of likely N-dealkylation sites (tertiary alicyclic amines) is 2. The fourth-order valence-electron chi connectivity index (χ4n) is 6.40. The molecule has 8 heteroatoms. The van der Waals surface area contributed by atoms with Crippen molar-refractivity contribution >= 4 is 22.7 Å². The molecule has 1 aromatic carbocycles. The Labute approximate surface area is 230 Å². The van der Waals surface area contributed by atoms with Gasteiger partial charge in [0.2, 0.25) is 5.91 Å². The van der Waals surface area contributed by atoms with Crippen LogP contribution in [0.3, 0.4) is 0 Å². The zero-order valence-corrected chi connectivity index (χ0v) is 23.9. The molecule has 39 heavy (non-hydrogen) atoms. The number of carbonyl (C=O) groups excluding carboxylic acids is 2. The lowest BCUT2D eigenvalue weighted by Gasteiger charge is -2.49. The molecule has 2 fully saturated rings. The van der Waals surface area contributed by atoms with Gasteiger partial charge in [0.25, 0.3) is 5.91 Å². The van der Waals surface area contributed by atoms with E-state index in [4.69, 9.17) is 0 Å². The van der Waals surface area contributed by atoms with Crippen molar-refractivity contribution in [1.29, 1.82) is 0 Å². The second-order valence-electron chi connectivity index (χ2n) is 11.8. The van der Waals surface area contributed by atoms with Crippen molar-refractivity contribution in [3.05, 3.63) is 59.3 Å². The van der Waals surface area contributed by atoms with Crippen molar-refractivity contribution in [3.8, 4) is 5.69 Å². The summed E-state index contributed by atoms with van der Waals surface area (Å²) in [6, 6.07) is 5.27. The van der Waals surface area contributed by atoms with Gasteiger partial charge in [-0.1, -0.05) is 0 Å². The number of hydrogen-bond acceptors (Lipinski definition) is 4. The van der Waals surface area contributed by atoms with Gasteiger partial charge < -0.3 is 14.4 Å². The fraction of sp³-hybridized carbons (Fsp3) is 0.516. The van der Waals surface area contributed by atoms with E-state index < -0.39 is 5.82 Å². The van der Waals surface area contributed by atoms with E-state index in [2.05, 4.69) is 29.9 Å². The summed E-state index contributed by atoms with van der Waals surface area (Å²) in [6.07, 6.45) is 8.84. The number of aromatic nitrogens is 2. The van der Waals surface area contributed by atoms with E-state index in [0.717, 1.165) is 55.4 Å². The summed E-state index contributed by atoms with van der Waals surface area (Å²) < 4.78 is 16.4. The van der Waals surface area contributed by atoms with Gasteiger partial charge in [-0.2, -0.15) is 0 Å². The number of benzene rings is 1. The smallest absolute Gasteiger partial charge is 0.256 e. The molecule has 2 amide bonds. The fourth-order valence-corrected chi connectivity index (χ4v) is 6.40. The highest BCUT2D eigenvalue weighted by atomic mass is 19.1. The third kappa shape index (κ3) is 5.19. The van der Waals surface area contributed by atoms with Crippen molar-refractivity contribution in [1.82, 2.24) is 24.3 Å². The quantitative estimate of drug-likeness (QED) is 0.456. The topological polar surface area (TPSA) is 61.7 Å². The first-order chi connectivity index (χ1) is 18.5. The van der Waals surface area contributed by atoms with E-state index >= 15 is 0 Å². The summed E-state index contributed by atoms with van der Waals surface area (Å²) >= 11 is 0. The number of carbonyl (C=O) groups is 2. The van der Waals surface area contributed by atoms with Crippen LogP contribution >= 0.6 is 0 Å². The van der Waals surface area contributed by atoms with E-state index in [1.807, 2.05) is 35.7 Å². The van der Waals surface area contributed by atoms with Gasteiger partial charge in [0.05, 0.1) is 23.0 Å². The summed E-state index contributed by atoms with van der Waals surface area (Å²) in [6.45, 7) is 12.7. The lowest BCUT2D eigenvalue weighted by Crippen LogP contribution is -2.57. The Morgan fingerprint density at radius 3 is 2.62 bits per heavy atom. The highest BCUT2D eigenvalue weighted by molar-refractivity contribution is 5.99. The molecule has 208 valence electrons. The first-order valence-electron chi connectivity index (χ1n) is 14.1. The minimum atomic E-state index is -0.428. The van der Waals surface area contributed by atoms with Crippen molar-refractivity contribution in [3.63, 3.8) is 0 Å². The van der Waals surface area contributed by atoms with Gasteiger partial charge in [-0.25, -0.2) is 4.39 Å². The SMILES string of the molecule is CC(=O)N1CCC(N2CC(Cc3cn(-c4ccc(F)cc4C(=O)N(C)C(C)C)c4cncc(C)c34)C2)C[C@H]1C. The van der Waals surface area contributed by atoms with Gasteiger partial charge in [0.1, 0.15) is 5.82 Å². The molecule has 1 unspecified atom stereocenters. The summed E-state index contributed by atoms with van der Waals surface area (Å²) in [5.41, 5.74) is 4.27. The van der Waals surface area contributed by atoms with Crippen LogP contribution in [-0.2, 0) is 11.2 Å². The minimum absolute atomic E-state index is 0.00579. The number of nitrogens with zero attached hydrogens (tertiary/aromatic N) is 5. The molecule has 4 heterocycles. The first-order valence-corrected chi connectivity index (χ1v) is 14.1. The second kappa shape index (κ2) is 10.7. The third-order valence-electron chi connectivity index (χ3n) is 8.79. The van der Waals surface area contributed by atoms with Gasteiger partial charge >= 0.3 is 0 Å². The maximum absolute atomic E-state index is 14.4. The third-order valence-corrected chi connectivity index (χ3v) is 8.79. The average molecular weight is 534 g/mol. The number of piperidine rings is 1. The van der Waals surface area contributed by atoms with E-state index in [1.54, 1.807) is 24.9 Å². The van der Waals surface area contributed by atoms with Crippen molar-refractivity contribution in [2.24, 2.45) is 5.92 Å². The van der Waals surface area contributed by atoms with Crippen LogP contribution in [-0.4, -0.2) is 80.9 Å². The molecule has 2 aliphatic heterocycles. The minimum Gasteiger partial charge on any atom is -0.340 e. The zero-order chi connectivity index (χ0) is 28.0. The average Bonchev–Trinajstić information content (AvgIpc) is 3.24. The van der Waals surface area contributed by atoms with Crippen LogP contribution in [0.2, 0.25) is 0 Å². The Morgan fingerprint density at radius 2 is 1.95 bits per heavy atom. The van der Waals surface area contributed by atoms with Crippen molar-refractivity contribution < 1.29 is 14.0 Å².